The number of carbonyl (C=O) groups is 2. The van der Waals surface area contributed by atoms with E-state index >= 15 is 0 Å². The number of hydrogen-bond acceptors (Lipinski definition) is 6. The normalized spacial score (nSPS) is 16.7. The maximum absolute atomic E-state index is 12.7. The molecule has 3 heterocycles. The largest absolute Gasteiger partial charge is 0.415 e. The maximum Gasteiger partial charge on any atom is 0.415 e. The summed E-state index contributed by atoms with van der Waals surface area (Å²) >= 11 is 0. The predicted molar refractivity (Wildman–Crippen MR) is 144 cm³/mol. The average molecular weight is 518 g/mol. The summed E-state index contributed by atoms with van der Waals surface area (Å²) < 4.78 is 7.15. The smallest absolute Gasteiger partial charge is 0.413 e. The second-order valence-corrected chi connectivity index (χ2v) is 10.0. The molecular weight excluding hydrogens is 482 g/mol. The molecular formula is C29H35N5O4. The topological polar surface area (TPSA) is 88.9 Å². The lowest BCUT2D eigenvalue weighted by Crippen LogP contribution is -2.41. The lowest BCUT2D eigenvalue weighted by molar-refractivity contribution is 0.0541. The van der Waals surface area contributed by atoms with Crippen molar-refractivity contribution in [3.8, 4) is 5.75 Å². The van der Waals surface area contributed by atoms with Gasteiger partial charge in [-0.1, -0.05) is 18.6 Å². The van der Waals surface area contributed by atoms with E-state index in [9.17, 15) is 9.59 Å². The van der Waals surface area contributed by atoms with Crippen molar-refractivity contribution in [1.29, 1.82) is 0 Å². The zero-order valence-electron chi connectivity index (χ0n) is 21.6. The molecule has 2 fully saturated rings. The molecule has 0 bridgehead atoms. The minimum Gasteiger partial charge on any atom is -0.413 e. The number of benzene rings is 2. The summed E-state index contributed by atoms with van der Waals surface area (Å²) in [4.78, 5) is 39.1. The second-order valence-electron chi connectivity index (χ2n) is 10.0. The quantitative estimate of drug-likeness (QED) is 0.475. The fourth-order valence-corrected chi connectivity index (χ4v) is 4.91. The standard InChI is InChI=1S/C29H35N5O4/c35-28(25-6-4-23(5-7-25)20-32-15-2-1-3-16-32)31-26-8-10-27(11-9-26)38-29(36)33-17-12-24(13-18-33)21-37-34-19-14-30-22-34/h4-11,14,19,22,24H,1-3,12-13,15-18,20-21H2,(H,31,35). The first kappa shape index (κ1) is 25.8. The summed E-state index contributed by atoms with van der Waals surface area (Å²) in [5.41, 5.74) is 2.48. The van der Waals surface area contributed by atoms with Crippen LogP contribution in [0.5, 0.6) is 5.75 Å². The van der Waals surface area contributed by atoms with E-state index < -0.39 is 0 Å². The number of imidazole rings is 1. The van der Waals surface area contributed by atoms with Crippen molar-refractivity contribution >= 4 is 17.7 Å². The molecule has 200 valence electrons. The Labute approximate surface area is 223 Å². The van der Waals surface area contributed by atoms with Crippen LogP contribution in [0.3, 0.4) is 0 Å². The van der Waals surface area contributed by atoms with Gasteiger partial charge in [0.05, 0.1) is 6.20 Å². The van der Waals surface area contributed by atoms with Gasteiger partial charge >= 0.3 is 6.09 Å². The van der Waals surface area contributed by atoms with E-state index in [2.05, 4.69) is 15.2 Å². The molecule has 9 nitrogen and oxygen atoms in total. The number of ether oxygens (including phenoxy) is 1. The number of nitrogens with one attached hydrogen (secondary N) is 1. The van der Waals surface area contributed by atoms with E-state index in [1.807, 2.05) is 24.3 Å². The fraction of sp³-hybridized carbons (Fsp3) is 0.414. The van der Waals surface area contributed by atoms with Gasteiger partial charge < -0.3 is 19.8 Å². The lowest BCUT2D eigenvalue weighted by atomic mass is 9.98. The summed E-state index contributed by atoms with van der Waals surface area (Å²) in [5.74, 6) is 0.662. The van der Waals surface area contributed by atoms with E-state index in [4.69, 9.17) is 9.57 Å². The van der Waals surface area contributed by atoms with Crippen LogP contribution < -0.4 is 14.9 Å². The highest BCUT2D eigenvalue weighted by molar-refractivity contribution is 6.04. The summed E-state index contributed by atoms with van der Waals surface area (Å²) in [6.07, 6.45) is 10.3. The number of carbonyl (C=O) groups excluding carboxylic acids is 2. The first-order valence-corrected chi connectivity index (χ1v) is 13.4. The molecule has 2 aromatic carbocycles. The minimum absolute atomic E-state index is 0.167. The van der Waals surface area contributed by atoms with Gasteiger partial charge in [0.2, 0.25) is 0 Å². The summed E-state index contributed by atoms with van der Waals surface area (Å²) in [7, 11) is 0. The Balaban J connectivity index is 1.05. The molecule has 2 saturated heterocycles. The zero-order chi connectivity index (χ0) is 26.2. The van der Waals surface area contributed by atoms with Crippen LogP contribution >= 0.6 is 0 Å². The van der Waals surface area contributed by atoms with Gasteiger partial charge in [-0.15, -0.1) is 0 Å². The summed E-state index contributed by atoms with van der Waals surface area (Å²) in [6.45, 7) is 5.07. The van der Waals surface area contributed by atoms with Crippen LogP contribution in [-0.2, 0) is 6.54 Å². The van der Waals surface area contributed by atoms with Crippen LogP contribution in [0.25, 0.3) is 0 Å². The van der Waals surface area contributed by atoms with E-state index in [0.717, 1.165) is 32.5 Å². The minimum atomic E-state index is -0.361. The molecule has 0 radical (unpaired) electrons. The van der Waals surface area contributed by atoms with Crippen molar-refractivity contribution in [1.82, 2.24) is 19.5 Å². The Morgan fingerprint density at radius 1 is 0.921 bits per heavy atom. The number of anilines is 1. The van der Waals surface area contributed by atoms with Crippen molar-refractivity contribution in [3.63, 3.8) is 0 Å². The monoisotopic (exact) mass is 517 g/mol. The average Bonchev–Trinajstić information content (AvgIpc) is 3.48. The Hall–Kier alpha value is -3.85. The van der Waals surface area contributed by atoms with Crippen LogP contribution in [0.4, 0.5) is 10.5 Å². The van der Waals surface area contributed by atoms with E-state index in [-0.39, 0.29) is 12.0 Å². The van der Waals surface area contributed by atoms with Gasteiger partial charge in [-0.3, -0.25) is 9.69 Å². The Morgan fingerprint density at radius 3 is 2.34 bits per heavy atom. The molecule has 3 aromatic rings. The number of hydrogen-bond donors (Lipinski definition) is 1. The van der Waals surface area contributed by atoms with Gasteiger partial charge in [0.25, 0.3) is 5.91 Å². The van der Waals surface area contributed by atoms with Crippen molar-refractivity contribution in [2.75, 3.05) is 38.1 Å². The predicted octanol–water partition coefficient (Wildman–Crippen LogP) is 4.46. The second kappa shape index (κ2) is 12.6. The molecule has 0 spiro atoms. The molecule has 9 heteroatoms. The third kappa shape index (κ3) is 7.13. The number of amides is 2. The zero-order valence-corrected chi connectivity index (χ0v) is 21.6. The van der Waals surface area contributed by atoms with Gasteiger partial charge in [-0.25, -0.2) is 9.78 Å². The van der Waals surface area contributed by atoms with Crippen LogP contribution in [0, 0.1) is 5.92 Å². The Kier molecular flexibility index (Phi) is 8.55. The Morgan fingerprint density at radius 2 is 1.66 bits per heavy atom. The van der Waals surface area contributed by atoms with Gasteiger partial charge in [-0.2, -0.15) is 4.73 Å². The maximum atomic E-state index is 12.7. The highest BCUT2D eigenvalue weighted by Crippen LogP contribution is 2.21. The molecule has 0 unspecified atom stereocenters. The van der Waals surface area contributed by atoms with Gasteiger partial charge in [0, 0.05) is 37.1 Å². The van der Waals surface area contributed by atoms with E-state index in [0.29, 0.717) is 42.6 Å². The van der Waals surface area contributed by atoms with Crippen molar-refractivity contribution in [3.05, 3.63) is 78.4 Å². The fourth-order valence-electron chi connectivity index (χ4n) is 4.91. The highest BCUT2D eigenvalue weighted by Gasteiger charge is 2.25. The molecule has 2 aliphatic rings. The molecule has 2 amide bonds. The van der Waals surface area contributed by atoms with Crippen LogP contribution in [-0.4, -0.2) is 64.3 Å². The third-order valence-electron chi connectivity index (χ3n) is 7.20. The van der Waals surface area contributed by atoms with Crippen LogP contribution in [0.2, 0.25) is 0 Å². The third-order valence-corrected chi connectivity index (χ3v) is 7.20. The van der Waals surface area contributed by atoms with Crippen molar-refractivity contribution in [2.24, 2.45) is 5.92 Å². The SMILES string of the molecule is O=C(Nc1ccc(OC(=O)N2CCC(COn3ccnc3)CC2)cc1)c1ccc(CN2CCCCC2)cc1. The van der Waals surface area contributed by atoms with Crippen molar-refractivity contribution < 1.29 is 19.2 Å². The van der Waals surface area contributed by atoms with Gasteiger partial charge in [0.15, 0.2) is 0 Å². The van der Waals surface area contributed by atoms with Crippen LogP contribution in [0.15, 0.2) is 67.3 Å². The molecule has 5 rings (SSSR count). The first-order valence-electron chi connectivity index (χ1n) is 13.4. The number of nitrogens with zero attached hydrogens (tertiary/aromatic N) is 4. The highest BCUT2D eigenvalue weighted by atomic mass is 16.7. The molecule has 38 heavy (non-hydrogen) atoms. The number of likely N-dealkylation sites (tertiary alicyclic amines) is 2. The number of rotatable bonds is 8. The lowest BCUT2D eigenvalue weighted by Gasteiger charge is -2.30. The number of piperidine rings is 2. The summed E-state index contributed by atoms with van der Waals surface area (Å²) in [5, 5.41) is 2.91. The summed E-state index contributed by atoms with van der Waals surface area (Å²) in [6, 6.07) is 14.7. The van der Waals surface area contributed by atoms with Gasteiger partial charge in [-0.05, 0) is 86.7 Å². The van der Waals surface area contributed by atoms with Crippen molar-refractivity contribution in [2.45, 2.75) is 38.6 Å². The molecule has 0 atom stereocenters. The molecule has 0 saturated carbocycles. The molecule has 1 N–H and O–H groups in total. The first-order chi connectivity index (χ1) is 18.6. The molecule has 0 aliphatic carbocycles. The van der Waals surface area contributed by atoms with E-state index in [1.165, 1.54) is 24.8 Å². The Bertz CT molecular complexity index is 1170. The molecule has 2 aliphatic heterocycles. The van der Waals surface area contributed by atoms with Crippen LogP contribution in [0.1, 0.15) is 48.0 Å². The van der Waals surface area contributed by atoms with Gasteiger partial charge in [0.1, 0.15) is 18.7 Å². The molecule has 1 aromatic heterocycles. The van der Waals surface area contributed by atoms with E-state index in [1.54, 1.807) is 52.6 Å². The number of aromatic nitrogens is 2.